The van der Waals surface area contributed by atoms with Gasteiger partial charge in [0.25, 0.3) is 0 Å². The van der Waals surface area contributed by atoms with E-state index in [1.165, 1.54) is 5.56 Å². The number of carboxylic acid groups (broad SMARTS) is 1. The van der Waals surface area contributed by atoms with Crippen LogP contribution in [0.5, 0.6) is 0 Å². The molecule has 3 rings (SSSR count). The summed E-state index contributed by atoms with van der Waals surface area (Å²) in [5.74, 6) is -0.284. The van der Waals surface area contributed by atoms with Crippen molar-refractivity contribution in [3.8, 4) is 0 Å². The van der Waals surface area contributed by atoms with Crippen LogP contribution in [0.2, 0.25) is 0 Å². The maximum absolute atomic E-state index is 12.0. The highest BCUT2D eigenvalue weighted by Crippen LogP contribution is 2.43. The summed E-state index contributed by atoms with van der Waals surface area (Å²) in [6.07, 6.45) is 5.74. The maximum Gasteiger partial charge on any atom is 0.314 e. The average molecular weight is 274 g/mol. The molecule has 1 aromatic rings. The first-order chi connectivity index (χ1) is 9.74. The Morgan fingerprint density at radius 2 is 1.95 bits per heavy atom. The molecule has 1 saturated carbocycles. The third-order valence-corrected chi connectivity index (χ3v) is 4.96. The Bertz CT molecular complexity index is 483. The lowest BCUT2D eigenvalue weighted by atomic mass is 9.67. The van der Waals surface area contributed by atoms with Crippen molar-refractivity contribution in [2.75, 3.05) is 13.2 Å². The first kappa shape index (κ1) is 13.6. The van der Waals surface area contributed by atoms with Crippen LogP contribution in [0.25, 0.3) is 0 Å². The van der Waals surface area contributed by atoms with Gasteiger partial charge in [0, 0.05) is 12.5 Å². The summed E-state index contributed by atoms with van der Waals surface area (Å²) in [6.45, 7) is 1.52. The van der Waals surface area contributed by atoms with Gasteiger partial charge >= 0.3 is 5.97 Å². The first-order valence-corrected chi connectivity index (χ1v) is 7.64. The van der Waals surface area contributed by atoms with E-state index < -0.39 is 11.4 Å². The van der Waals surface area contributed by atoms with Crippen molar-refractivity contribution in [3.63, 3.8) is 0 Å². The Kier molecular flexibility index (Phi) is 3.79. The van der Waals surface area contributed by atoms with E-state index in [1.807, 2.05) is 18.2 Å². The van der Waals surface area contributed by atoms with E-state index in [9.17, 15) is 9.90 Å². The van der Waals surface area contributed by atoms with Crippen molar-refractivity contribution < 1.29 is 14.6 Å². The van der Waals surface area contributed by atoms with Gasteiger partial charge in [-0.15, -0.1) is 0 Å². The molecule has 0 amide bonds. The molecule has 1 N–H and O–H groups in total. The topological polar surface area (TPSA) is 46.5 Å². The molecule has 1 aliphatic carbocycles. The Balaban J connectivity index is 2.04. The molecule has 0 radical (unpaired) electrons. The van der Waals surface area contributed by atoms with E-state index in [0.29, 0.717) is 5.92 Å². The molecule has 3 nitrogen and oxygen atoms in total. The van der Waals surface area contributed by atoms with Crippen LogP contribution in [0, 0.1) is 0 Å². The monoisotopic (exact) mass is 274 g/mol. The standard InChI is InChI=1S/C17H22O3/c18-16(19)17(9-4-1-5-10-17)15-7-3-2-6-14(15)13-8-11-20-12-13/h2-3,6-7,13H,1,4-5,8-12H2,(H,18,19). The van der Waals surface area contributed by atoms with Crippen LogP contribution in [0.15, 0.2) is 24.3 Å². The van der Waals surface area contributed by atoms with Crippen molar-refractivity contribution in [3.05, 3.63) is 35.4 Å². The van der Waals surface area contributed by atoms with E-state index in [0.717, 1.165) is 57.3 Å². The normalized spacial score (nSPS) is 25.5. The Morgan fingerprint density at radius 3 is 2.60 bits per heavy atom. The predicted octanol–water partition coefficient (Wildman–Crippen LogP) is 3.48. The fraction of sp³-hybridized carbons (Fsp3) is 0.588. The zero-order chi connectivity index (χ0) is 14.0. The van der Waals surface area contributed by atoms with Crippen molar-refractivity contribution in [2.24, 2.45) is 0 Å². The van der Waals surface area contributed by atoms with E-state index >= 15 is 0 Å². The number of ether oxygens (including phenoxy) is 1. The van der Waals surface area contributed by atoms with Crippen LogP contribution in [0.3, 0.4) is 0 Å². The van der Waals surface area contributed by atoms with Gasteiger partial charge in [-0.3, -0.25) is 4.79 Å². The largest absolute Gasteiger partial charge is 0.481 e. The highest BCUT2D eigenvalue weighted by molar-refractivity contribution is 5.82. The summed E-state index contributed by atoms with van der Waals surface area (Å²) in [5, 5.41) is 9.88. The Labute approximate surface area is 120 Å². The van der Waals surface area contributed by atoms with Crippen LogP contribution in [0.4, 0.5) is 0 Å². The number of rotatable bonds is 3. The van der Waals surface area contributed by atoms with Crippen molar-refractivity contribution in [1.82, 2.24) is 0 Å². The van der Waals surface area contributed by atoms with Gasteiger partial charge in [0.05, 0.1) is 12.0 Å². The summed E-state index contributed by atoms with van der Waals surface area (Å²) >= 11 is 0. The van der Waals surface area contributed by atoms with Gasteiger partial charge in [-0.1, -0.05) is 43.5 Å². The Hall–Kier alpha value is -1.35. The van der Waals surface area contributed by atoms with Gasteiger partial charge < -0.3 is 9.84 Å². The molecule has 1 saturated heterocycles. The minimum Gasteiger partial charge on any atom is -0.481 e. The van der Waals surface area contributed by atoms with Gasteiger partial charge in [-0.05, 0) is 30.4 Å². The molecule has 1 heterocycles. The highest BCUT2D eigenvalue weighted by atomic mass is 16.5. The number of carboxylic acids is 1. The van der Waals surface area contributed by atoms with E-state index in [-0.39, 0.29) is 0 Å². The molecule has 1 aliphatic heterocycles. The number of hydrogen-bond donors (Lipinski definition) is 1. The molecule has 108 valence electrons. The van der Waals surface area contributed by atoms with Crippen LogP contribution >= 0.6 is 0 Å². The molecule has 2 fully saturated rings. The van der Waals surface area contributed by atoms with E-state index in [1.54, 1.807) is 0 Å². The molecule has 0 aromatic heterocycles. The number of carbonyl (C=O) groups is 1. The molecular weight excluding hydrogens is 252 g/mol. The van der Waals surface area contributed by atoms with Crippen LogP contribution in [-0.2, 0) is 14.9 Å². The SMILES string of the molecule is O=C(O)C1(c2ccccc2C2CCOC2)CCCCC1. The first-order valence-electron chi connectivity index (χ1n) is 7.64. The van der Waals surface area contributed by atoms with E-state index in [4.69, 9.17) is 4.74 Å². The summed E-state index contributed by atoms with van der Waals surface area (Å²) < 4.78 is 5.50. The molecular formula is C17H22O3. The third-order valence-electron chi connectivity index (χ3n) is 4.96. The van der Waals surface area contributed by atoms with Gasteiger partial charge in [-0.2, -0.15) is 0 Å². The lowest BCUT2D eigenvalue weighted by molar-refractivity contribution is -0.145. The van der Waals surface area contributed by atoms with Crippen molar-refractivity contribution >= 4 is 5.97 Å². The summed E-state index contributed by atoms with van der Waals surface area (Å²) in [4.78, 5) is 12.0. The summed E-state index contributed by atoms with van der Waals surface area (Å²) in [6, 6.07) is 8.14. The lowest BCUT2D eigenvalue weighted by Gasteiger charge is -2.36. The minimum absolute atomic E-state index is 0.365. The molecule has 1 atom stereocenters. The molecule has 0 bridgehead atoms. The van der Waals surface area contributed by atoms with Gasteiger partial charge in [0.2, 0.25) is 0 Å². The van der Waals surface area contributed by atoms with E-state index in [2.05, 4.69) is 6.07 Å². The smallest absolute Gasteiger partial charge is 0.314 e. The molecule has 1 unspecified atom stereocenters. The van der Waals surface area contributed by atoms with Crippen LogP contribution < -0.4 is 0 Å². The second kappa shape index (κ2) is 5.57. The molecule has 3 heteroatoms. The highest BCUT2D eigenvalue weighted by Gasteiger charge is 2.43. The van der Waals surface area contributed by atoms with Gasteiger partial charge in [-0.25, -0.2) is 0 Å². The maximum atomic E-state index is 12.0. The molecule has 2 aliphatic rings. The zero-order valence-electron chi connectivity index (χ0n) is 11.8. The minimum atomic E-state index is -0.669. The summed E-state index contributed by atoms with van der Waals surface area (Å²) in [5.41, 5.74) is 1.58. The second-order valence-corrected chi connectivity index (χ2v) is 6.10. The lowest BCUT2D eigenvalue weighted by Crippen LogP contribution is -2.39. The third kappa shape index (κ3) is 2.24. The fourth-order valence-electron chi connectivity index (χ4n) is 3.82. The zero-order valence-corrected chi connectivity index (χ0v) is 11.8. The molecule has 0 spiro atoms. The number of aliphatic carboxylic acids is 1. The van der Waals surface area contributed by atoms with Crippen LogP contribution in [0.1, 0.15) is 55.6 Å². The second-order valence-electron chi connectivity index (χ2n) is 6.10. The van der Waals surface area contributed by atoms with Crippen LogP contribution in [-0.4, -0.2) is 24.3 Å². The Morgan fingerprint density at radius 1 is 1.20 bits per heavy atom. The number of hydrogen-bond acceptors (Lipinski definition) is 2. The quantitative estimate of drug-likeness (QED) is 0.918. The molecule has 1 aromatic carbocycles. The fourth-order valence-corrected chi connectivity index (χ4v) is 3.82. The van der Waals surface area contributed by atoms with Crippen molar-refractivity contribution in [1.29, 1.82) is 0 Å². The molecule has 20 heavy (non-hydrogen) atoms. The number of benzene rings is 1. The predicted molar refractivity (Wildman–Crippen MR) is 77.0 cm³/mol. The summed E-state index contributed by atoms with van der Waals surface area (Å²) in [7, 11) is 0. The average Bonchev–Trinajstić information content (AvgIpc) is 3.02. The van der Waals surface area contributed by atoms with Gasteiger partial charge in [0.15, 0.2) is 0 Å². The van der Waals surface area contributed by atoms with Crippen molar-refractivity contribution in [2.45, 2.75) is 49.9 Å². The van der Waals surface area contributed by atoms with Gasteiger partial charge in [0.1, 0.15) is 0 Å².